The monoisotopic (exact) mass is 565 g/mol. The summed E-state index contributed by atoms with van der Waals surface area (Å²) in [6, 6.07) is 10.8. The van der Waals surface area contributed by atoms with Gasteiger partial charge in [-0.2, -0.15) is 0 Å². The van der Waals surface area contributed by atoms with Gasteiger partial charge in [0.2, 0.25) is 0 Å². The number of benzene rings is 1. The van der Waals surface area contributed by atoms with Crippen molar-refractivity contribution in [1.82, 2.24) is 9.47 Å². The zero-order chi connectivity index (χ0) is 23.8. The topological polar surface area (TPSA) is 57.9 Å². The molecule has 37 heavy (non-hydrogen) atoms. The van der Waals surface area contributed by atoms with Crippen molar-refractivity contribution in [2.45, 2.75) is 51.0 Å². The molecule has 0 unspecified atom stereocenters. The number of carboxylic acid groups (broad SMARTS) is 1. The number of ether oxygens (including phenoxy) is 1. The number of hydrogen-bond acceptors (Lipinski definition) is 5. The van der Waals surface area contributed by atoms with Crippen LogP contribution in [0.3, 0.4) is 0 Å². The molecule has 4 heterocycles. The highest BCUT2D eigenvalue weighted by Crippen LogP contribution is 2.49. The van der Waals surface area contributed by atoms with Gasteiger partial charge in [-0.3, -0.25) is 4.90 Å². The van der Waals surface area contributed by atoms with E-state index in [1.165, 1.54) is 70.6 Å². The predicted octanol–water partition coefficient (Wildman–Crippen LogP) is 6.50. The van der Waals surface area contributed by atoms with Gasteiger partial charge in [0.05, 0.1) is 22.5 Å². The van der Waals surface area contributed by atoms with Crippen LogP contribution in [-0.4, -0.2) is 66.5 Å². The molecule has 0 atom stereocenters. The quantitative estimate of drug-likeness (QED) is 0.382. The van der Waals surface area contributed by atoms with Crippen LogP contribution in [0.15, 0.2) is 30.3 Å². The summed E-state index contributed by atoms with van der Waals surface area (Å²) in [6.07, 6.45) is 7.36. The van der Waals surface area contributed by atoms with Gasteiger partial charge in [-0.05, 0) is 42.9 Å². The number of hydrogen-bond donors (Lipinski definition) is 1. The normalized spacial score (nSPS) is 18.8. The summed E-state index contributed by atoms with van der Waals surface area (Å²) < 4.78 is 9.31. The third-order valence-electron chi connectivity index (χ3n) is 8.09. The highest BCUT2D eigenvalue weighted by molar-refractivity contribution is 7.21. The van der Waals surface area contributed by atoms with Crippen molar-refractivity contribution in [1.29, 1.82) is 0 Å². The molecule has 3 aromatic rings. The maximum atomic E-state index is 11.9. The Morgan fingerprint density at radius 1 is 0.973 bits per heavy atom. The smallest absolute Gasteiger partial charge is 0.345 e. The molecular weight excluding hydrogens is 529 g/mol. The van der Waals surface area contributed by atoms with Crippen LogP contribution in [0.1, 0.15) is 59.7 Å². The van der Waals surface area contributed by atoms with E-state index in [0.717, 1.165) is 64.4 Å². The number of nitrogens with zero attached hydrogens (tertiary/aromatic N) is 3. The Balaban J connectivity index is 0.00000160. The number of carbonyl (C=O) groups is 1. The Labute approximate surface area is 235 Å². The third-order valence-corrected chi connectivity index (χ3v) is 9.24. The van der Waals surface area contributed by atoms with E-state index in [4.69, 9.17) is 4.74 Å². The molecule has 1 aliphatic carbocycles. The highest BCUT2D eigenvalue weighted by atomic mass is 35.5. The lowest BCUT2D eigenvalue weighted by atomic mass is 9.83. The van der Waals surface area contributed by atoms with E-state index in [1.54, 1.807) is 0 Å². The van der Waals surface area contributed by atoms with Gasteiger partial charge in [-0.1, -0.05) is 37.5 Å². The fraction of sp³-hybridized carbons (Fsp3) is 0.536. The third kappa shape index (κ3) is 5.52. The maximum Gasteiger partial charge on any atom is 0.345 e. The highest BCUT2D eigenvalue weighted by Gasteiger charge is 2.32. The Kier molecular flexibility index (Phi) is 9.46. The molecule has 2 fully saturated rings. The fourth-order valence-corrected chi connectivity index (χ4v) is 7.48. The number of anilines is 1. The lowest BCUT2D eigenvalue weighted by Gasteiger charge is -2.28. The first-order valence-electron chi connectivity index (χ1n) is 13.2. The Hall–Kier alpha value is -1.77. The summed E-state index contributed by atoms with van der Waals surface area (Å²) in [7, 11) is 0. The van der Waals surface area contributed by atoms with Gasteiger partial charge in [0.1, 0.15) is 4.88 Å². The van der Waals surface area contributed by atoms with E-state index in [2.05, 4.69) is 38.6 Å². The number of carboxylic acids is 1. The predicted molar refractivity (Wildman–Crippen MR) is 157 cm³/mol. The molecule has 3 aliphatic rings. The van der Waals surface area contributed by atoms with Gasteiger partial charge in [0.15, 0.2) is 0 Å². The first-order valence-corrected chi connectivity index (χ1v) is 14.1. The summed E-state index contributed by atoms with van der Waals surface area (Å²) in [6.45, 7) is 7.66. The van der Waals surface area contributed by atoms with Gasteiger partial charge < -0.3 is 19.3 Å². The summed E-state index contributed by atoms with van der Waals surface area (Å²) >= 11 is 1.48. The van der Waals surface area contributed by atoms with Gasteiger partial charge in [-0.15, -0.1) is 36.2 Å². The molecule has 6 rings (SSSR count). The summed E-state index contributed by atoms with van der Waals surface area (Å²) in [5, 5.41) is 9.76. The molecule has 1 saturated heterocycles. The fourth-order valence-electron chi connectivity index (χ4n) is 6.35. The number of aromatic carboxylic acids is 1. The van der Waals surface area contributed by atoms with Crippen LogP contribution in [0.5, 0.6) is 0 Å². The van der Waals surface area contributed by atoms with Crippen molar-refractivity contribution in [3.63, 3.8) is 0 Å². The first-order chi connectivity index (χ1) is 17.2. The minimum Gasteiger partial charge on any atom is -0.477 e. The number of para-hydroxylation sites is 1. The lowest BCUT2D eigenvalue weighted by molar-refractivity contribution is 0.0702. The molecule has 202 valence electrons. The molecule has 1 N–H and O–H groups in total. The molecule has 2 aliphatic heterocycles. The van der Waals surface area contributed by atoms with Gasteiger partial charge >= 0.3 is 5.97 Å². The van der Waals surface area contributed by atoms with E-state index in [9.17, 15) is 9.90 Å². The second kappa shape index (κ2) is 12.4. The van der Waals surface area contributed by atoms with Crippen LogP contribution in [0.2, 0.25) is 0 Å². The Morgan fingerprint density at radius 2 is 1.78 bits per heavy atom. The zero-order valence-electron chi connectivity index (χ0n) is 21.2. The molecule has 0 amide bonds. The standard InChI is InChI=1S/C28H35N3O3S.2ClH/c32-28(33)24-19-23-27(35-24)25(20-7-2-1-3-8-20)26-21-9-4-5-10-22(21)30(14-15-31(23)26)13-12-29-11-6-17-34-18-16-29;;/h4-5,9-10,19-20H,1-3,6-8,11-18H2,(H,32,33);2*1H. The van der Waals surface area contributed by atoms with Gasteiger partial charge in [0.25, 0.3) is 0 Å². The van der Waals surface area contributed by atoms with Crippen LogP contribution >= 0.6 is 36.2 Å². The molecule has 1 saturated carbocycles. The van der Waals surface area contributed by atoms with E-state index in [0.29, 0.717) is 10.8 Å². The minimum atomic E-state index is -0.813. The van der Waals surface area contributed by atoms with Crippen LogP contribution in [-0.2, 0) is 11.3 Å². The maximum absolute atomic E-state index is 11.9. The average Bonchev–Trinajstić information content (AvgIpc) is 3.25. The Bertz CT molecular complexity index is 1210. The van der Waals surface area contributed by atoms with Gasteiger partial charge in [0, 0.05) is 57.1 Å². The molecule has 0 bridgehead atoms. The van der Waals surface area contributed by atoms with Crippen LogP contribution in [0, 0.1) is 0 Å². The van der Waals surface area contributed by atoms with Crippen molar-refractivity contribution < 1.29 is 14.6 Å². The van der Waals surface area contributed by atoms with Crippen LogP contribution < -0.4 is 4.90 Å². The van der Waals surface area contributed by atoms with Crippen molar-refractivity contribution in [2.75, 3.05) is 50.8 Å². The number of fused-ring (bicyclic) bond motifs is 5. The van der Waals surface area contributed by atoms with Crippen molar-refractivity contribution in [3.8, 4) is 11.3 Å². The zero-order valence-corrected chi connectivity index (χ0v) is 23.6. The number of aromatic nitrogens is 1. The Morgan fingerprint density at radius 3 is 2.59 bits per heavy atom. The van der Waals surface area contributed by atoms with E-state index >= 15 is 0 Å². The van der Waals surface area contributed by atoms with E-state index < -0.39 is 5.97 Å². The molecule has 6 nitrogen and oxygen atoms in total. The molecular formula is C28H37Cl2N3O3S. The summed E-state index contributed by atoms with van der Waals surface area (Å²) in [5.41, 5.74) is 6.50. The summed E-state index contributed by atoms with van der Waals surface area (Å²) in [4.78, 5) is 17.4. The van der Waals surface area contributed by atoms with Crippen molar-refractivity contribution in [2.24, 2.45) is 0 Å². The number of thiophene rings is 1. The van der Waals surface area contributed by atoms with E-state index in [-0.39, 0.29) is 24.8 Å². The minimum absolute atomic E-state index is 0. The second-order valence-electron chi connectivity index (χ2n) is 10.2. The number of rotatable bonds is 5. The average molecular weight is 567 g/mol. The summed E-state index contributed by atoms with van der Waals surface area (Å²) in [5.74, 6) is -0.299. The number of halogens is 2. The SMILES string of the molecule is Cl.Cl.O=C(O)c1cc2c(s1)c(C1CCCCC1)c1n2CCN(CCN2CCCOCC2)c2ccccc2-1. The van der Waals surface area contributed by atoms with Crippen LogP contribution in [0.25, 0.3) is 21.5 Å². The second-order valence-corrected chi connectivity index (χ2v) is 11.2. The van der Waals surface area contributed by atoms with Crippen molar-refractivity contribution >= 4 is 58.0 Å². The molecule has 9 heteroatoms. The van der Waals surface area contributed by atoms with E-state index in [1.807, 2.05) is 6.07 Å². The van der Waals surface area contributed by atoms with Gasteiger partial charge in [-0.25, -0.2) is 4.79 Å². The molecule has 1 aromatic carbocycles. The molecule has 2 aromatic heterocycles. The molecule has 0 radical (unpaired) electrons. The first kappa shape index (κ1) is 28.2. The largest absolute Gasteiger partial charge is 0.477 e. The van der Waals surface area contributed by atoms with Crippen LogP contribution in [0.4, 0.5) is 5.69 Å². The molecule has 0 spiro atoms. The van der Waals surface area contributed by atoms with Crippen molar-refractivity contribution in [3.05, 3.63) is 40.8 Å². The lowest BCUT2D eigenvalue weighted by Crippen LogP contribution is -2.37.